The first-order chi connectivity index (χ1) is 9.13. The molecule has 0 amide bonds. The Kier molecular flexibility index (Phi) is 4.44. The molecule has 3 nitrogen and oxygen atoms in total. The fraction of sp³-hybridized carbons (Fsp3) is 0.562. The van der Waals surface area contributed by atoms with Crippen molar-refractivity contribution in [3.8, 4) is 6.07 Å². The maximum absolute atomic E-state index is 8.80. The number of nitrogens with zero attached hydrogens (tertiary/aromatic N) is 2. The van der Waals surface area contributed by atoms with E-state index in [-0.39, 0.29) is 0 Å². The molecular formula is C16H23N3. The number of nitriles is 1. The van der Waals surface area contributed by atoms with Gasteiger partial charge in [-0.2, -0.15) is 5.26 Å². The molecule has 0 radical (unpaired) electrons. The van der Waals surface area contributed by atoms with Crippen molar-refractivity contribution in [2.45, 2.75) is 25.7 Å². The van der Waals surface area contributed by atoms with Gasteiger partial charge in [0.15, 0.2) is 0 Å². The molecule has 3 heteroatoms. The van der Waals surface area contributed by atoms with Gasteiger partial charge >= 0.3 is 0 Å². The molecule has 1 N–H and O–H groups in total. The van der Waals surface area contributed by atoms with Crippen LogP contribution in [0.5, 0.6) is 0 Å². The van der Waals surface area contributed by atoms with Gasteiger partial charge in [-0.1, -0.05) is 12.8 Å². The molecule has 1 fully saturated rings. The summed E-state index contributed by atoms with van der Waals surface area (Å²) in [6.45, 7) is 2.17. The zero-order valence-electron chi connectivity index (χ0n) is 11.9. The van der Waals surface area contributed by atoms with Crippen LogP contribution in [0.15, 0.2) is 24.3 Å². The molecule has 0 aromatic heterocycles. The minimum Gasteiger partial charge on any atom is -0.384 e. The smallest absolute Gasteiger partial charge is 0.0991 e. The Morgan fingerprint density at radius 3 is 2.37 bits per heavy atom. The summed E-state index contributed by atoms with van der Waals surface area (Å²) in [5, 5.41) is 12.3. The van der Waals surface area contributed by atoms with Crippen molar-refractivity contribution in [3.05, 3.63) is 29.8 Å². The van der Waals surface area contributed by atoms with Crippen LogP contribution in [0.2, 0.25) is 0 Å². The second kappa shape index (κ2) is 6.08. The monoisotopic (exact) mass is 257 g/mol. The third-order valence-electron chi connectivity index (χ3n) is 4.00. The maximum Gasteiger partial charge on any atom is 0.0991 e. The number of benzene rings is 1. The molecule has 0 saturated heterocycles. The SMILES string of the molecule is CN(C)CC1(CNc2ccc(C#N)cc2)CCCC1. The number of hydrogen-bond acceptors (Lipinski definition) is 3. The second-order valence-electron chi connectivity index (χ2n) is 5.99. The quantitative estimate of drug-likeness (QED) is 0.881. The molecular weight excluding hydrogens is 234 g/mol. The molecule has 0 heterocycles. The molecule has 0 atom stereocenters. The first-order valence-electron chi connectivity index (χ1n) is 7.02. The van der Waals surface area contributed by atoms with Crippen LogP contribution in [0.1, 0.15) is 31.2 Å². The van der Waals surface area contributed by atoms with E-state index < -0.39 is 0 Å². The summed E-state index contributed by atoms with van der Waals surface area (Å²) >= 11 is 0. The highest BCUT2D eigenvalue weighted by Gasteiger charge is 2.33. The average Bonchev–Trinajstić information content (AvgIpc) is 2.85. The van der Waals surface area contributed by atoms with Crippen LogP contribution in [0.4, 0.5) is 5.69 Å². The van der Waals surface area contributed by atoms with Crippen molar-refractivity contribution in [2.24, 2.45) is 5.41 Å². The Hall–Kier alpha value is -1.53. The van der Waals surface area contributed by atoms with Gasteiger partial charge < -0.3 is 10.2 Å². The summed E-state index contributed by atoms with van der Waals surface area (Å²) in [7, 11) is 4.31. The Labute approximate surface area is 116 Å². The molecule has 1 saturated carbocycles. The number of hydrogen-bond donors (Lipinski definition) is 1. The summed E-state index contributed by atoms with van der Waals surface area (Å²) in [5.74, 6) is 0. The van der Waals surface area contributed by atoms with E-state index in [2.05, 4.69) is 30.4 Å². The van der Waals surface area contributed by atoms with E-state index in [0.717, 1.165) is 24.3 Å². The van der Waals surface area contributed by atoms with Gasteiger partial charge in [0.05, 0.1) is 11.6 Å². The topological polar surface area (TPSA) is 39.1 Å². The van der Waals surface area contributed by atoms with Crippen LogP contribution in [0, 0.1) is 16.7 Å². The van der Waals surface area contributed by atoms with Crippen LogP contribution in [-0.4, -0.2) is 32.1 Å². The lowest BCUT2D eigenvalue weighted by Crippen LogP contribution is -2.37. The molecule has 2 rings (SSSR count). The molecule has 1 aromatic carbocycles. The minimum atomic E-state index is 0.414. The fourth-order valence-electron chi connectivity index (χ4n) is 3.14. The van der Waals surface area contributed by atoms with Crippen molar-refractivity contribution in [1.29, 1.82) is 5.26 Å². The molecule has 102 valence electrons. The summed E-state index contributed by atoms with van der Waals surface area (Å²) in [4.78, 5) is 2.30. The highest BCUT2D eigenvalue weighted by atomic mass is 15.1. The van der Waals surface area contributed by atoms with Gasteiger partial charge in [-0.3, -0.25) is 0 Å². The number of anilines is 1. The molecule has 1 aromatic rings. The third-order valence-corrected chi connectivity index (χ3v) is 4.00. The van der Waals surface area contributed by atoms with Gasteiger partial charge in [0.1, 0.15) is 0 Å². The fourth-order valence-corrected chi connectivity index (χ4v) is 3.14. The Bertz CT molecular complexity index is 436. The predicted octanol–water partition coefficient (Wildman–Crippen LogP) is 3.09. The molecule has 1 aliphatic carbocycles. The average molecular weight is 257 g/mol. The molecule has 19 heavy (non-hydrogen) atoms. The van der Waals surface area contributed by atoms with Gasteiger partial charge in [-0.05, 0) is 51.2 Å². The molecule has 0 bridgehead atoms. The van der Waals surface area contributed by atoms with Crippen molar-refractivity contribution >= 4 is 5.69 Å². The van der Waals surface area contributed by atoms with Crippen molar-refractivity contribution in [3.63, 3.8) is 0 Å². The summed E-state index contributed by atoms with van der Waals surface area (Å²) < 4.78 is 0. The lowest BCUT2D eigenvalue weighted by atomic mass is 9.85. The maximum atomic E-state index is 8.80. The first kappa shape index (κ1) is 13.9. The van der Waals surface area contributed by atoms with E-state index >= 15 is 0 Å². The van der Waals surface area contributed by atoms with E-state index in [4.69, 9.17) is 5.26 Å². The highest BCUT2D eigenvalue weighted by molar-refractivity contribution is 5.47. The van der Waals surface area contributed by atoms with E-state index in [1.54, 1.807) is 0 Å². The minimum absolute atomic E-state index is 0.414. The number of rotatable bonds is 5. The zero-order chi connectivity index (χ0) is 13.7. The van der Waals surface area contributed by atoms with Gasteiger partial charge in [0, 0.05) is 24.2 Å². The third kappa shape index (κ3) is 3.71. The second-order valence-corrected chi connectivity index (χ2v) is 5.99. The van der Waals surface area contributed by atoms with E-state index in [9.17, 15) is 0 Å². The van der Waals surface area contributed by atoms with Gasteiger partial charge in [0.2, 0.25) is 0 Å². The lowest BCUT2D eigenvalue weighted by molar-refractivity contribution is 0.215. The van der Waals surface area contributed by atoms with Gasteiger partial charge in [0.25, 0.3) is 0 Å². The van der Waals surface area contributed by atoms with Crippen LogP contribution in [0.3, 0.4) is 0 Å². The summed E-state index contributed by atoms with van der Waals surface area (Å²) in [5.41, 5.74) is 2.25. The van der Waals surface area contributed by atoms with Crippen molar-refractivity contribution in [1.82, 2.24) is 4.90 Å². The Morgan fingerprint density at radius 2 is 1.84 bits per heavy atom. The van der Waals surface area contributed by atoms with Crippen molar-refractivity contribution < 1.29 is 0 Å². The van der Waals surface area contributed by atoms with Crippen LogP contribution in [-0.2, 0) is 0 Å². The summed E-state index contributed by atoms with van der Waals surface area (Å²) in [6.07, 6.45) is 5.33. The standard InChI is InChI=1S/C16H23N3/c1-19(2)13-16(9-3-4-10-16)12-18-15-7-5-14(11-17)6-8-15/h5-8,18H,3-4,9-10,12-13H2,1-2H3. The van der Waals surface area contributed by atoms with E-state index in [1.807, 2.05) is 24.3 Å². The van der Waals surface area contributed by atoms with E-state index in [1.165, 1.54) is 25.7 Å². The first-order valence-corrected chi connectivity index (χ1v) is 7.02. The Balaban J connectivity index is 1.96. The van der Waals surface area contributed by atoms with Crippen LogP contribution in [0.25, 0.3) is 0 Å². The largest absolute Gasteiger partial charge is 0.384 e. The zero-order valence-corrected chi connectivity index (χ0v) is 11.9. The van der Waals surface area contributed by atoms with E-state index in [0.29, 0.717) is 5.41 Å². The van der Waals surface area contributed by atoms with Crippen molar-refractivity contribution in [2.75, 3.05) is 32.5 Å². The normalized spacial score (nSPS) is 17.4. The summed E-state index contributed by atoms with van der Waals surface area (Å²) in [6, 6.07) is 9.89. The van der Waals surface area contributed by atoms with Gasteiger partial charge in [-0.25, -0.2) is 0 Å². The lowest BCUT2D eigenvalue weighted by Gasteiger charge is -2.32. The molecule has 0 spiro atoms. The van der Waals surface area contributed by atoms with Gasteiger partial charge in [-0.15, -0.1) is 0 Å². The van der Waals surface area contributed by atoms with Crippen LogP contribution >= 0.6 is 0 Å². The number of nitrogens with one attached hydrogen (secondary N) is 1. The Morgan fingerprint density at radius 1 is 1.21 bits per heavy atom. The molecule has 1 aliphatic rings. The predicted molar refractivity (Wildman–Crippen MR) is 79.1 cm³/mol. The van der Waals surface area contributed by atoms with Crippen LogP contribution < -0.4 is 5.32 Å². The highest BCUT2D eigenvalue weighted by Crippen LogP contribution is 2.38. The molecule has 0 unspecified atom stereocenters. The molecule has 0 aliphatic heterocycles.